The van der Waals surface area contributed by atoms with E-state index in [2.05, 4.69) is 0 Å². The Labute approximate surface area is 104 Å². The molecular weight excluding hydrogens is 216 g/mol. The number of piperidine rings is 2. The van der Waals surface area contributed by atoms with Crippen LogP contribution in [0.1, 0.15) is 39.0 Å². The first-order chi connectivity index (χ1) is 8.31. The quantitative estimate of drug-likeness (QED) is 0.740. The van der Waals surface area contributed by atoms with E-state index in [1.54, 1.807) is 0 Å². The second-order valence-electron chi connectivity index (χ2n) is 5.00. The van der Waals surface area contributed by atoms with Crippen molar-refractivity contribution >= 4 is 6.03 Å². The van der Waals surface area contributed by atoms with Gasteiger partial charge in [-0.2, -0.15) is 0 Å². The van der Waals surface area contributed by atoms with Crippen molar-refractivity contribution in [3.8, 4) is 0 Å². The zero-order valence-corrected chi connectivity index (χ0v) is 10.9. The topological polar surface area (TPSA) is 32.8 Å². The van der Waals surface area contributed by atoms with Gasteiger partial charge in [0.2, 0.25) is 0 Å². The summed E-state index contributed by atoms with van der Waals surface area (Å²) in [5.41, 5.74) is 0. The predicted molar refractivity (Wildman–Crippen MR) is 67.0 cm³/mol. The molecule has 0 N–H and O–H groups in total. The van der Waals surface area contributed by atoms with E-state index in [-0.39, 0.29) is 12.1 Å². The molecule has 17 heavy (non-hydrogen) atoms. The predicted octanol–water partition coefficient (Wildman–Crippen LogP) is 2.09. The van der Waals surface area contributed by atoms with Gasteiger partial charge in [-0.05, 0) is 39.0 Å². The summed E-state index contributed by atoms with van der Waals surface area (Å²) >= 11 is 0. The molecule has 0 aromatic carbocycles. The lowest BCUT2D eigenvalue weighted by Gasteiger charge is -2.37. The van der Waals surface area contributed by atoms with E-state index in [4.69, 9.17) is 4.74 Å². The molecule has 2 heterocycles. The molecular formula is C13H24N2O2. The van der Waals surface area contributed by atoms with Crippen LogP contribution in [0.3, 0.4) is 0 Å². The standard InChI is InChI=1S/C13H24N2O2/c1-2-17-12-7-6-10-15(11-12)13(16)14-8-4-3-5-9-14/h12H,2-11H2,1H3. The summed E-state index contributed by atoms with van der Waals surface area (Å²) in [6.45, 7) is 6.33. The van der Waals surface area contributed by atoms with E-state index in [1.165, 1.54) is 6.42 Å². The molecule has 1 atom stereocenters. The summed E-state index contributed by atoms with van der Waals surface area (Å²) < 4.78 is 5.64. The first-order valence-electron chi connectivity index (χ1n) is 6.96. The van der Waals surface area contributed by atoms with Crippen molar-refractivity contribution in [2.45, 2.75) is 45.1 Å². The number of ether oxygens (including phenoxy) is 1. The van der Waals surface area contributed by atoms with Crippen LogP contribution < -0.4 is 0 Å². The van der Waals surface area contributed by atoms with Gasteiger partial charge in [0.15, 0.2) is 0 Å². The molecule has 4 nitrogen and oxygen atoms in total. The molecule has 2 saturated heterocycles. The Hall–Kier alpha value is -0.770. The van der Waals surface area contributed by atoms with E-state index in [9.17, 15) is 4.79 Å². The van der Waals surface area contributed by atoms with Gasteiger partial charge in [0.1, 0.15) is 0 Å². The van der Waals surface area contributed by atoms with E-state index in [0.29, 0.717) is 0 Å². The number of carbonyl (C=O) groups excluding carboxylic acids is 1. The van der Waals surface area contributed by atoms with Crippen molar-refractivity contribution in [2.75, 3.05) is 32.8 Å². The molecule has 1 unspecified atom stereocenters. The number of rotatable bonds is 2. The largest absolute Gasteiger partial charge is 0.377 e. The summed E-state index contributed by atoms with van der Waals surface area (Å²) in [6.07, 6.45) is 6.01. The summed E-state index contributed by atoms with van der Waals surface area (Å²) in [5, 5.41) is 0. The molecule has 2 aliphatic rings. The van der Waals surface area contributed by atoms with Crippen molar-refractivity contribution in [3.05, 3.63) is 0 Å². The minimum atomic E-state index is 0.231. The van der Waals surface area contributed by atoms with Crippen LogP contribution >= 0.6 is 0 Å². The smallest absolute Gasteiger partial charge is 0.320 e. The summed E-state index contributed by atoms with van der Waals surface area (Å²) in [4.78, 5) is 16.3. The van der Waals surface area contributed by atoms with E-state index < -0.39 is 0 Å². The molecule has 2 aliphatic heterocycles. The van der Waals surface area contributed by atoms with Crippen molar-refractivity contribution in [1.29, 1.82) is 0 Å². The van der Waals surface area contributed by atoms with Gasteiger partial charge in [0, 0.05) is 32.8 Å². The van der Waals surface area contributed by atoms with Gasteiger partial charge >= 0.3 is 6.03 Å². The monoisotopic (exact) mass is 240 g/mol. The van der Waals surface area contributed by atoms with Crippen molar-refractivity contribution in [1.82, 2.24) is 9.80 Å². The van der Waals surface area contributed by atoms with Crippen LogP contribution in [-0.4, -0.2) is 54.7 Å². The molecule has 0 bridgehead atoms. The Morgan fingerprint density at radius 3 is 2.53 bits per heavy atom. The van der Waals surface area contributed by atoms with Crippen molar-refractivity contribution in [2.24, 2.45) is 0 Å². The summed E-state index contributed by atoms with van der Waals surface area (Å²) in [7, 11) is 0. The second kappa shape index (κ2) is 6.24. The van der Waals surface area contributed by atoms with Crippen LogP contribution in [0.15, 0.2) is 0 Å². The van der Waals surface area contributed by atoms with Crippen molar-refractivity contribution in [3.63, 3.8) is 0 Å². The number of nitrogens with zero attached hydrogens (tertiary/aromatic N) is 2. The highest BCUT2D eigenvalue weighted by Gasteiger charge is 2.27. The third-order valence-corrected chi connectivity index (χ3v) is 3.68. The third-order valence-electron chi connectivity index (χ3n) is 3.68. The second-order valence-corrected chi connectivity index (χ2v) is 5.00. The molecule has 2 amide bonds. The van der Waals surface area contributed by atoms with E-state index in [0.717, 1.165) is 58.5 Å². The van der Waals surface area contributed by atoms with Gasteiger partial charge in [-0.3, -0.25) is 0 Å². The molecule has 2 fully saturated rings. The number of hydrogen-bond acceptors (Lipinski definition) is 2. The molecule has 0 spiro atoms. The minimum Gasteiger partial charge on any atom is -0.377 e. The fourth-order valence-corrected chi connectivity index (χ4v) is 2.77. The Balaban J connectivity index is 1.85. The SMILES string of the molecule is CCOC1CCCN(C(=O)N2CCCCC2)C1. The maximum atomic E-state index is 12.3. The average Bonchev–Trinajstić information content (AvgIpc) is 2.40. The van der Waals surface area contributed by atoms with Crippen LogP contribution in [0.5, 0.6) is 0 Å². The Bertz CT molecular complexity index is 250. The molecule has 0 radical (unpaired) electrons. The fourth-order valence-electron chi connectivity index (χ4n) is 2.77. The highest BCUT2D eigenvalue weighted by molar-refractivity contribution is 5.74. The molecule has 0 saturated carbocycles. The Kier molecular flexibility index (Phi) is 4.66. The van der Waals surface area contributed by atoms with Gasteiger partial charge < -0.3 is 14.5 Å². The molecule has 0 aromatic rings. The van der Waals surface area contributed by atoms with Gasteiger partial charge in [0.25, 0.3) is 0 Å². The highest BCUT2D eigenvalue weighted by Crippen LogP contribution is 2.17. The summed E-state index contributed by atoms with van der Waals surface area (Å²) in [5.74, 6) is 0. The number of hydrogen-bond donors (Lipinski definition) is 0. The third kappa shape index (κ3) is 3.35. The van der Waals surface area contributed by atoms with Crippen molar-refractivity contribution < 1.29 is 9.53 Å². The number of urea groups is 1. The first-order valence-corrected chi connectivity index (χ1v) is 6.96. The number of amides is 2. The van der Waals surface area contributed by atoms with E-state index in [1.807, 2.05) is 16.7 Å². The maximum Gasteiger partial charge on any atom is 0.320 e. The Morgan fingerprint density at radius 2 is 1.82 bits per heavy atom. The first kappa shape index (κ1) is 12.7. The maximum absolute atomic E-state index is 12.3. The zero-order valence-electron chi connectivity index (χ0n) is 10.9. The minimum absolute atomic E-state index is 0.231. The fraction of sp³-hybridized carbons (Fsp3) is 0.923. The lowest BCUT2D eigenvalue weighted by molar-refractivity contribution is 0.0109. The Morgan fingerprint density at radius 1 is 1.12 bits per heavy atom. The lowest BCUT2D eigenvalue weighted by Crippen LogP contribution is -2.50. The normalized spacial score (nSPS) is 26.1. The molecule has 98 valence electrons. The number of likely N-dealkylation sites (tertiary alicyclic amines) is 2. The molecule has 4 heteroatoms. The lowest BCUT2D eigenvalue weighted by atomic mass is 10.1. The zero-order chi connectivity index (χ0) is 12.1. The molecule has 0 aromatic heterocycles. The van der Waals surface area contributed by atoms with Crippen LogP contribution in [-0.2, 0) is 4.74 Å². The van der Waals surface area contributed by atoms with Crippen LogP contribution in [0.25, 0.3) is 0 Å². The van der Waals surface area contributed by atoms with Crippen LogP contribution in [0.2, 0.25) is 0 Å². The van der Waals surface area contributed by atoms with Gasteiger partial charge in [-0.15, -0.1) is 0 Å². The molecule has 0 aliphatic carbocycles. The van der Waals surface area contributed by atoms with Gasteiger partial charge in [0.05, 0.1) is 6.10 Å². The molecule has 2 rings (SSSR count). The van der Waals surface area contributed by atoms with Crippen LogP contribution in [0.4, 0.5) is 4.79 Å². The van der Waals surface area contributed by atoms with Gasteiger partial charge in [-0.25, -0.2) is 4.79 Å². The summed E-state index contributed by atoms with van der Waals surface area (Å²) in [6, 6.07) is 0.231. The van der Waals surface area contributed by atoms with Gasteiger partial charge in [-0.1, -0.05) is 0 Å². The number of carbonyl (C=O) groups is 1. The highest BCUT2D eigenvalue weighted by atomic mass is 16.5. The average molecular weight is 240 g/mol. The van der Waals surface area contributed by atoms with Crippen LogP contribution in [0, 0.1) is 0 Å². The van der Waals surface area contributed by atoms with E-state index >= 15 is 0 Å².